The van der Waals surface area contributed by atoms with E-state index in [4.69, 9.17) is 16.9 Å². The number of hydrogen-bond acceptors (Lipinski definition) is 1. The first kappa shape index (κ1) is 10.1. The van der Waals surface area contributed by atoms with E-state index < -0.39 is 0 Å². The highest BCUT2D eigenvalue weighted by atomic mass is 35.5. The molecule has 0 heterocycles. The lowest BCUT2D eigenvalue weighted by Crippen LogP contribution is -1.94. The van der Waals surface area contributed by atoms with Gasteiger partial charge in [0.25, 0.3) is 0 Å². The molecule has 0 radical (unpaired) electrons. The van der Waals surface area contributed by atoms with Gasteiger partial charge < -0.3 is 0 Å². The number of nitrogens with zero attached hydrogens (tertiary/aromatic N) is 1. The molecule has 0 amide bonds. The summed E-state index contributed by atoms with van der Waals surface area (Å²) < 4.78 is 0. The molecule has 1 rings (SSSR count). The van der Waals surface area contributed by atoms with Crippen molar-refractivity contribution in [2.24, 2.45) is 0 Å². The van der Waals surface area contributed by atoms with Crippen LogP contribution in [-0.2, 0) is 0 Å². The van der Waals surface area contributed by atoms with Gasteiger partial charge in [-0.2, -0.15) is 5.26 Å². The summed E-state index contributed by atoms with van der Waals surface area (Å²) in [5.41, 5.74) is 3.12. The molecule has 1 unspecified atom stereocenters. The van der Waals surface area contributed by atoms with Gasteiger partial charge in [-0.05, 0) is 31.9 Å². The van der Waals surface area contributed by atoms with E-state index in [2.05, 4.69) is 6.07 Å². The maximum absolute atomic E-state index is 8.79. The number of rotatable bonds is 1. The number of nitriles is 1. The number of hydrogen-bond donors (Lipinski definition) is 0. The first-order chi connectivity index (χ1) is 6.06. The van der Waals surface area contributed by atoms with E-state index in [1.165, 1.54) is 0 Å². The fourth-order valence-electron chi connectivity index (χ4n) is 1.37. The molecule has 0 bridgehead atoms. The van der Waals surface area contributed by atoms with Gasteiger partial charge in [0.2, 0.25) is 0 Å². The predicted octanol–water partition coefficient (Wildman–Crippen LogP) is 3.58. The standard InChI is InChI=1S/C11H12ClN/c1-7-4-8(2)11(12)10(5-7)9(3)6-13/h4-5,9H,1-3H3. The first-order valence-corrected chi connectivity index (χ1v) is 4.60. The van der Waals surface area contributed by atoms with E-state index in [0.717, 1.165) is 21.7 Å². The SMILES string of the molecule is Cc1cc(C)c(Cl)c(C(C)C#N)c1. The molecule has 1 atom stereocenters. The molecule has 0 saturated carbocycles. The molecular weight excluding hydrogens is 182 g/mol. The monoisotopic (exact) mass is 193 g/mol. The predicted molar refractivity (Wildman–Crippen MR) is 55.0 cm³/mol. The van der Waals surface area contributed by atoms with Crippen molar-refractivity contribution in [3.8, 4) is 6.07 Å². The van der Waals surface area contributed by atoms with Gasteiger partial charge in [-0.1, -0.05) is 29.3 Å². The summed E-state index contributed by atoms with van der Waals surface area (Å²) in [6.07, 6.45) is 0. The number of aryl methyl sites for hydroxylation is 2. The van der Waals surface area contributed by atoms with E-state index >= 15 is 0 Å². The van der Waals surface area contributed by atoms with Crippen molar-refractivity contribution in [3.05, 3.63) is 33.8 Å². The normalized spacial score (nSPS) is 12.2. The second-order valence-corrected chi connectivity index (χ2v) is 3.71. The molecule has 0 aliphatic heterocycles. The average molecular weight is 194 g/mol. The van der Waals surface area contributed by atoms with Crippen LogP contribution < -0.4 is 0 Å². The molecule has 0 aliphatic carbocycles. The molecule has 0 aromatic heterocycles. The van der Waals surface area contributed by atoms with E-state index in [0.29, 0.717) is 0 Å². The topological polar surface area (TPSA) is 23.8 Å². The van der Waals surface area contributed by atoms with Gasteiger partial charge in [0.05, 0.1) is 12.0 Å². The fraction of sp³-hybridized carbons (Fsp3) is 0.364. The van der Waals surface area contributed by atoms with Crippen molar-refractivity contribution in [2.75, 3.05) is 0 Å². The van der Waals surface area contributed by atoms with Crippen LogP contribution in [0.15, 0.2) is 12.1 Å². The Labute approximate surface area is 84.0 Å². The third-order valence-electron chi connectivity index (χ3n) is 2.09. The van der Waals surface area contributed by atoms with Gasteiger partial charge in [-0.3, -0.25) is 0 Å². The van der Waals surface area contributed by atoms with Gasteiger partial charge in [-0.15, -0.1) is 0 Å². The first-order valence-electron chi connectivity index (χ1n) is 4.22. The molecule has 0 saturated heterocycles. The van der Waals surface area contributed by atoms with E-state index in [1.807, 2.05) is 32.9 Å². The molecule has 0 aliphatic rings. The van der Waals surface area contributed by atoms with Crippen LogP contribution in [0.1, 0.15) is 29.5 Å². The van der Waals surface area contributed by atoms with E-state index in [9.17, 15) is 0 Å². The van der Waals surface area contributed by atoms with Crippen LogP contribution in [0.3, 0.4) is 0 Å². The van der Waals surface area contributed by atoms with Crippen LogP contribution in [0.4, 0.5) is 0 Å². The molecule has 2 heteroatoms. The molecular formula is C11H12ClN. The minimum absolute atomic E-state index is 0.133. The van der Waals surface area contributed by atoms with Crippen LogP contribution in [-0.4, -0.2) is 0 Å². The Morgan fingerprint density at radius 1 is 1.38 bits per heavy atom. The summed E-state index contributed by atoms with van der Waals surface area (Å²) in [4.78, 5) is 0. The summed E-state index contributed by atoms with van der Waals surface area (Å²) in [5.74, 6) is -0.133. The summed E-state index contributed by atoms with van der Waals surface area (Å²) in [5, 5.41) is 9.51. The van der Waals surface area contributed by atoms with Crippen molar-refractivity contribution in [1.29, 1.82) is 5.26 Å². The van der Waals surface area contributed by atoms with Crippen molar-refractivity contribution >= 4 is 11.6 Å². The zero-order chi connectivity index (χ0) is 10.0. The highest BCUT2D eigenvalue weighted by Gasteiger charge is 2.10. The zero-order valence-corrected chi connectivity index (χ0v) is 8.81. The molecule has 13 heavy (non-hydrogen) atoms. The fourth-order valence-corrected chi connectivity index (χ4v) is 1.64. The van der Waals surface area contributed by atoms with Crippen molar-refractivity contribution < 1.29 is 0 Å². The minimum atomic E-state index is -0.133. The Morgan fingerprint density at radius 2 is 2.00 bits per heavy atom. The zero-order valence-electron chi connectivity index (χ0n) is 8.06. The van der Waals surface area contributed by atoms with Crippen LogP contribution in [0, 0.1) is 25.2 Å². The molecule has 1 nitrogen and oxygen atoms in total. The Hall–Kier alpha value is -1.00. The Kier molecular flexibility index (Phi) is 2.95. The van der Waals surface area contributed by atoms with E-state index in [1.54, 1.807) is 0 Å². The van der Waals surface area contributed by atoms with Gasteiger partial charge in [0.15, 0.2) is 0 Å². The lowest BCUT2D eigenvalue weighted by molar-refractivity contribution is 0.975. The quantitative estimate of drug-likeness (QED) is 0.669. The second-order valence-electron chi connectivity index (χ2n) is 3.34. The smallest absolute Gasteiger partial charge is 0.0701 e. The largest absolute Gasteiger partial charge is 0.198 e. The van der Waals surface area contributed by atoms with Crippen LogP contribution in [0.5, 0.6) is 0 Å². The minimum Gasteiger partial charge on any atom is -0.198 e. The molecule has 68 valence electrons. The molecule has 1 aromatic carbocycles. The lowest BCUT2D eigenvalue weighted by atomic mass is 9.98. The van der Waals surface area contributed by atoms with Gasteiger partial charge in [0.1, 0.15) is 0 Å². The van der Waals surface area contributed by atoms with Crippen LogP contribution in [0.2, 0.25) is 5.02 Å². The van der Waals surface area contributed by atoms with Crippen LogP contribution >= 0.6 is 11.6 Å². The van der Waals surface area contributed by atoms with E-state index in [-0.39, 0.29) is 5.92 Å². The van der Waals surface area contributed by atoms with Crippen molar-refractivity contribution in [1.82, 2.24) is 0 Å². The maximum Gasteiger partial charge on any atom is 0.0701 e. The van der Waals surface area contributed by atoms with Gasteiger partial charge in [-0.25, -0.2) is 0 Å². The van der Waals surface area contributed by atoms with Crippen molar-refractivity contribution in [2.45, 2.75) is 26.7 Å². The molecule has 0 spiro atoms. The Bertz CT molecular complexity index is 363. The third kappa shape index (κ3) is 2.02. The summed E-state index contributed by atoms with van der Waals surface area (Å²) in [6, 6.07) is 6.19. The second kappa shape index (κ2) is 3.81. The lowest BCUT2D eigenvalue weighted by Gasteiger charge is -2.09. The van der Waals surface area contributed by atoms with Crippen LogP contribution in [0.25, 0.3) is 0 Å². The summed E-state index contributed by atoms with van der Waals surface area (Å²) in [6.45, 7) is 5.83. The number of halogens is 1. The Balaban J connectivity index is 3.30. The van der Waals surface area contributed by atoms with Gasteiger partial charge >= 0.3 is 0 Å². The summed E-state index contributed by atoms with van der Waals surface area (Å²) >= 11 is 6.09. The third-order valence-corrected chi connectivity index (χ3v) is 2.60. The average Bonchev–Trinajstić information content (AvgIpc) is 2.10. The number of benzene rings is 1. The van der Waals surface area contributed by atoms with Crippen molar-refractivity contribution in [3.63, 3.8) is 0 Å². The van der Waals surface area contributed by atoms with Gasteiger partial charge in [0, 0.05) is 5.02 Å². The Morgan fingerprint density at radius 3 is 2.54 bits per heavy atom. The highest BCUT2D eigenvalue weighted by molar-refractivity contribution is 6.32. The molecule has 1 aromatic rings. The molecule has 0 N–H and O–H groups in total. The molecule has 0 fully saturated rings. The highest BCUT2D eigenvalue weighted by Crippen LogP contribution is 2.28. The maximum atomic E-state index is 8.79. The summed E-state index contributed by atoms with van der Waals surface area (Å²) in [7, 11) is 0.